The summed E-state index contributed by atoms with van der Waals surface area (Å²) in [4.78, 5) is 0. The van der Waals surface area contributed by atoms with Gasteiger partial charge in [0.2, 0.25) is 0 Å². The Balaban J connectivity index is 2.45. The molecule has 10 heavy (non-hydrogen) atoms. The van der Waals surface area contributed by atoms with Crippen molar-refractivity contribution in [2.45, 2.75) is 20.3 Å². The van der Waals surface area contributed by atoms with Gasteiger partial charge >= 0.3 is 0 Å². The van der Waals surface area contributed by atoms with E-state index in [-0.39, 0.29) is 0 Å². The fourth-order valence-electron chi connectivity index (χ4n) is 1.97. The van der Waals surface area contributed by atoms with Crippen LogP contribution in [0.5, 0.6) is 0 Å². The van der Waals surface area contributed by atoms with Gasteiger partial charge in [-0.25, -0.2) is 0 Å². The monoisotopic (exact) mass is 140 g/mol. The highest BCUT2D eigenvalue weighted by molar-refractivity contribution is 4.80. The highest BCUT2D eigenvalue weighted by atomic mass is 14.9. The lowest BCUT2D eigenvalue weighted by Crippen LogP contribution is -2.40. The van der Waals surface area contributed by atoms with E-state index < -0.39 is 0 Å². The van der Waals surface area contributed by atoms with Gasteiger partial charge < -0.3 is 5.32 Å². The second-order valence-corrected chi connectivity index (χ2v) is 3.57. The average molecular weight is 140 g/mol. The van der Waals surface area contributed by atoms with Gasteiger partial charge in [-0.3, -0.25) is 0 Å². The van der Waals surface area contributed by atoms with E-state index in [1.54, 1.807) is 0 Å². The lowest BCUT2D eigenvalue weighted by Gasteiger charge is -2.34. The van der Waals surface area contributed by atoms with Gasteiger partial charge in [0.05, 0.1) is 0 Å². The second kappa shape index (κ2) is 3.38. The molecule has 0 spiro atoms. The molecule has 1 rings (SSSR count). The number of hydrogen-bond acceptors (Lipinski definition) is 1. The summed E-state index contributed by atoms with van der Waals surface area (Å²) in [7, 11) is 0. The van der Waals surface area contributed by atoms with Crippen LogP contribution in [0.25, 0.3) is 0 Å². The van der Waals surface area contributed by atoms with Crippen molar-refractivity contribution in [2.24, 2.45) is 17.8 Å². The molecule has 1 fully saturated rings. The Hall–Kier alpha value is -0.0400. The first-order chi connectivity index (χ1) is 4.75. The fraction of sp³-hybridized carbons (Fsp3) is 0.889. The normalized spacial score (nSPS) is 41.7. The van der Waals surface area contributed by atoms with E-state index in [1.807, 2.05) is 0 Å². The maximum atomic E-state index is 3.98. The van der Waals surface area contributed by atoms with Gasteiger partial charge in [-0.05, 0) is 37.3 Å². The zero-order valence-electron chi connectivity index (χ0n) is 7.06. The first kappa shape index (κ1) is 8.06. The van der Waals surface area contributed by atoms with Gasteiger partial charge in [-0.2, -0.15) is 0 Å². The smallest absolute Gasteiger partial charge is 0.00203 e. The van der Waals surface area contributed by atoms with Crippen LogP contribution >= 0.6 is 0 Å². The van der Waals surface area contributed by atoms with Crippen molar-refractivity contribution in [3.05, 3.63) is 6.92 Å². The molecule has 1 saturated heterocycles. The van der Waals surface area contributed by atoms with Crippen LogP contribution in [0.2, 0.25) is 0 Å². The molecule has 1 heteroatoms. The molecular weight excluding hydrogens is 122 g/mol. The Morgan fingerprint density at radius 3 is 2.10 bits per heavy atom. The molecule has 1 heterocycles. The summed E-state index contributed by atoms with van der Waals surface area (Å²) in [5, 5.41) is 3.42. The molecule has 2 atom stereocenters. The predicted molar refractivity (Wildman–Crippen MR) is 44.7 cm³/mol. The maximum absolute atomic E-state index is 3.98. The van der Waals surface area contributed by atoms with Crippen molar-refractivity contribution in [2.75, 3.05) is 13.1 Å². The van der Waals surface area contributed by atoms with E-state index in [1.165, 1.54) is 13.1 Å². The molecule has 59 valence electrons. The summed E-state index contributed by atoms with van der Waals surface area (Å²) in [5.74, 6) is 2.49. The molecule has 0 aromatic carbocycles. The van der Waals surface area contributed by atoms with E-state index in [9.17, 15) is 0 Å². The molecule has 0 aromatic rings. The molecule has 1 aliphatic rings. The molecule has 0 amide bonds. The summed E-state index contributed by atoms with van der Waals surface area (Å²) < 4.78 is 0. The number of hydrogen-bond donors (Lipinski definition) is 1. The minimum absolute atomic E-state index is 0.821. The van der Waals surface area contributed by atoms with Crippen LogP contribution in [0.4, 0.5) is 0 Å². The van der Waals surface area contributed by atoms with Gasteiger partial charge in [-0.1, -0.05) is 20.8 Å². The second-order valence-electron chi connectivity index (χ2n) is 3.57. The summed E-state index contributed by atoms with van der Waals surface area (Å²) in [5.41, 5.74) is 0. The number of nitrogens with one attached hydrogen (secondary N) is 1. The van der Waals surface area contributed by atoms with E-state index >= 15 is 0 Å². The Labute approximate surface area is 64.2 Å². The minimum Gasteiger partial charge on any atom is -0.316 e. The lowest BCUT2D eigenvalue weighted by atomic mass is 9.79. The third kappa shape index (κ3) is 1.51. The molecule has 1 aliphatic heterocycles. The molecule has 2 unspecified atom stereocenters. The number of piperidine rings is 1. The first-order valence-electron chi connectivity index (χ1n) is 4.25. The van der Waals surface area contributed by atoms with Crippen molar-refractivity contribution in [1.82, 2.24) is 5.32 Å². The van der Waals surface area contributed by atoms with Crippen LogP contribution < -0.4 is 5.32 Å². The van der Waals surface area contributed by atoms with E-state index in [0.717, 1.165) is 24.2 Å². The highest BCUT2D eigenvalue weighted by Gasteiger charge is 2.25. The van der Waals surface area contributed by atoms with Crippen LogP contribution in [0.15, 0.2) is 0 Å². The largest absolute Gasteiger partial charge is 0.316 e. The third-order valence-corrected chi connectivity index (χ3v) is 2.73. The summed E-state index contributed by atoms with van der Waals surface area (Å²) >= 11 is 0. The summed E-state index contributed by atoms with van der Waals surface area (Å²) in [6.45, 7) is 11.0. The zero-order valence-corrected chi connectivity index (χ0v) is 7.06. The van der Waals surface area contributed by atoms with Crippen LogP contribution in [-0.4, -0.2) is 13.1 Å². The molecular formula is C9H18N. The van der Waals surface area contributed by atoms with Gasteiger partial charge in [0.15, 0.2) is 0 Å². The standard InChI is InChI=1S/C9H18N/c1-4-9-7(2)5-10-6-8(9)3/h7-10H,1,4-6H2,2-3H3. The molecule has 0 saturated carbocycles. The fourth-order valence-corrected chi connectivity index (χ4v) is 1.97. The SMILES string of the molecule is [CH2]CC1C(C)CNCC1C. The average Bonchev–Trinajstić information content (AvgIpc) is 1.88. The zero-order chi connectivity index (χ0) is 7.56. The molecule has 0 aromatic heterocycles. The summed E-state index contributed by atoms with van der Waals surface area (Å²) in [6.07, 6.45) is 1.10. The summed E-state index contributed by atoms with van der Waals surface area (Å²) in [6, 6.07) is 0. The van der Waals surface area contributed by atoms with E-state index in [0.29, 0.717) is 0 Å². The van der Waals surface area contributed by atoms with Crippen LogP contribution in [0, 0.1) is 24.7 Å². The predicted octanol–water partition coefficient (Wildman–Crippen LogP) is 1.70. The molecule has 0 bridgehead atoms. The third-order valence-electron chi connectivity index (χ3n) is 2.73. The van der Waals surface area contributed by atoms with Crippen molar-refractivity contribution in [1.29, 1.82) is 0 Å². The lowest BCUT2D eigenvalue weighted by molar-refractivity contribution is 0.198. The van der Waals surface area contributed by atoms with Crippen molar-refractivity contribution >= 4 is 0 Å². The quantitative estimate of drug-likeness (QED) is 0.584. The molecule has 0 aliphatic carbocycles. The Morgan fingerprint density at radius 1 is 1.30 bits per heavy atom. The van der Waals surface area contributed by atoms with Gasteiger partial charge in [0.1, 0.15) is 0 Å². The first-order valence-corrected chi connectivity index (χ1v) is 4.25. The minimum atomic E-state index is 0.821. The molecule has 1 N–H and O–H groups in total. The van der Waals surface area contributed by atoms with Crippen molar-refractivity contribution in [3.63, 3.8) is 0 Å². The van der Waals surface area contributed by atoms with Crippen molar-refractivity contribution in [3.8, 4) is 0 Å². The Kier molecular flexibility index (Phi) is 2.72. The molecule has 1 nitrogen and oxygen atoms in total. The Morgan fingerprint density at radius 2 is 1.80 bits per heavy atom. The van der Waals surface area contributed by atoms with Crippen LogP contribution in [0.1, 0.15) is 20.3 Å². The van der Waals surface area contributed by atoms with Gasteiger partial charge in [0, 0.05) is 0 Å². The number of rotatable bonds is 1. The Bertz CT molecular complexity index is 90.9. The highest BCUT2D eigenvalue weighted by Crippen LogP contribution is 2.26. The van der Waals surface area contributed by atoms with Crippen molar-refractivity contribution < 1.29 is 0 Å². The van der Waals surface area contributed by atoms with E-state index in [2.05, 4.69) is 26.1 Å². The topological polar surface area (TPSA) is 12.0 Å². The van der Waals surface area contributed by atoms with Gasteiger partial charge in [-0.15, -0.1) is 0 Å². The van der Waals surface area contributed by atoms with E-state index in [4.69, 9.17) is 0 Å². The van der Waals surface area contributed by atoms with Crippen LogP contribution in [-0.2, 0) is 0 Å². The van der Waals surface area contributed by atoms with Gasteiger partial charge in [0.25, 0.3) is 0 Å². The van der Waals surface area contributed by atoms with Crippen LogP contribution in [0.3, 0.4) is 0 Å². The maximum Gasteiger partial charge on any atom is -0.00203 e. The molecule has 1 radical (unpaired) electrons.